The number of ether oxygens (including phenoxy) is 2. The number of carbonyl (C=O) groups is 1. The Morgan fingerprint density at radius 1 is 1.20 bits per heavy atom. The van der Waals surface area contributed by atoms with E-state index in [0.717, 1.165) is 19.3 Å². The Kier molecular flexibility index (Phi) is 6.60. The first-order valence-electron chi connectivity index (χ1n) is 5.94. The van der Waals surface area contributed by atoms with E-state index >= 15 is 0 Å². The monoisotopic (exact) mass is 214 g/mol. The van der Waals surface area contributed by atoms with Crippen molar-refractivity contribution in [1.82, 2.24) is 0 Å². The molecule has 0 aromatic rings. The highest BCUT2D eigenvalue weighted by molar-refractivity contribution is 5.82. The van der Waals surface area contributed by atoms with Gasteiger partial charge in [-0.3, -0.25) is 4.79 Å². The van der Waals surface area contributed by atoms with Gasteiger partial charge in [-0.2, -0.15) is 0 Å². The van der Waals surface area contributed by atoms with Gasteiger partial charge in [0.25, 0.3) is 0 Å². The third-order valence-corrected chi connectivity index (χ3v) is 2.94. The third kappa shape index (κ3) is 5.28. The largest absolute Gasteiger partial charge is 0.385 e. The van der Waals surface area contributed by atoms with Crippen LogP contribution < -0.4 is 0 Å². The zero-order valence-corrected chi connectivity index (χ0v) is 9.67. The summed E-state index contributed by atoms with van der Waals surface area (Å²) < 4.78 is 10.2. The minimum absolute atomic E-state index is 0.279. The summed E-state index contributed by atoms with van der Waals surface area (Å²) in [5.74, 6) is 0.577. The number of hydrogen-bond donors (Lipinski definition) is 0. The van der Waals surface area contributed by atoms with Crippen molar-refractivity contribution in [3.63, 3.8) is 0 Å². The van der Waals surface area contributed by atoms with Gasteiger partial charge in [0, 0.05) is 26.2 Å². The fourth-order valence-corrected chi connectivity index (χ4v) is 2.02. The van der Waals surface area contributed by atoms with Crippen molar-refractivity contribution in [3.8, 4) is 0 Å². The summed E-state index contributed by atoms with van der Waals surface area (Å²) in [6.45, 7) is 1.64. The van der Waals surface area contributed by atoms with Gasteiger partial charge < -0.3 is 9.47 Å². The van der Waals surface area contributed by atoms with Gasteiger partial charge in [-0.15, -0.1) is 0 Å². The molecule has 15 heavy (non-hydrogen) atoms. The molecule has 0 aromatic carbocycles. The molecule has 0 unspecified atom stereocenters. The van der Waals surface area contributed by atoms with Crippen molar-refractivity contribution in [3.05, 3.63) is 0 Å². The zero-order valence-electron chi connectivity index (χ0n) is 9.67. The highest BCUT2D eigenvalue weighted by atomic mass is 16.5. The molecule has 1 rings (SSSR count). The second kappa shape index (κ2) is 7.83. The molecule has 0 bridgehead atoms. The SMILES string of the molecule is COCCCOCC(=O)C1CCCCC1. The number of carbonyl (C=O) groups excluding carboxylic acids is 1. The summed E-state index contributed by atoms with van der Waals surface area (Å²) in [5, 5.41) is 0. The summed E-state index contributed by atoms with van der Waals surface area (Å²) in [7, 11) is 1.67. The van der Waals surface area contributed by atoms with E-state index in [0.29, 0.717) is 25.6 Å². The molecule has 0 aromatic heterocycles. The van der Waals surface area contributed by atoms with E-state index in [1.54, 1.807) is 7.11 Å². The van der Waals surface area contributed by atoms with E-state index in [9.17, 15) is 4.79 Å². The summed E-state index contributed by atoms with van der Waals surface area (Å²) in [6, 6.07) is 0. The topological polar surface area (TPSA) is 35.5 Å². The second-order valence-electron chi connectivity index (χ2n) is 4.20. The molecule has 1 saturated carbocycles. The van der Waals surface area contributed by atoms with Crippen molar-refractivity contribution < 1.29 is 14.3 Å². The standard InChI is InChI=1S/C12H22O3/c1-14-8-5-9-15-10-12(13)11-6-3-2-4-7-11/h11H,2-10H2,1H3. The minimum atomic E-state index is 0.279. The van der Waals surface area contributed by atoms with E-state index in [1.807, 2.05) is 0 Å². The number of methoxy groups -OCH3 is 1. The molecule has 3 nitrogen and oxygen atoms in total. The van der Waals surface area contributed by atoms with Crippen molar-refractivity contribution in [2.24, 2.45) is 5.92 Å². The average Bonchev–Trinajstić information content (AvgIpc) is 2.30. The molecule has 1 aliphatic carbocycles. The molecule has 0 amide bonds. The molecule has 0 N–H and O–H groups in total. The quantitative estimate of drug-likeness (QED) is 0.609. The molecule has 0 radical (unpaired) electrons. The lowest BCUT2D eigenvalue weighted by Gasteiger charge is -2.20. The summed E-state index contributed by atoms with van der Waals surface area (Å²) >= 11 is 0. The van der Waals surface area contributed by atoms with E-state index in [1.165, 1.54) is 19.3 Å². The molecule has 3 heteroatoms. The van der Waals surface area contributed by atoms with Gasteiger partial charge in [0.15, 0.2) is 5.78 Å². The summed E-state index contributed by atoms with van der Waals surface area (Å²) in [5.41, 5.74) is 0. The maximum atomic E-state index is 11.7. The van der Waals surface area contributed by atoms with Gasteiger partial charge in [-0.25, -0.2) is 0 Å². The second-order valence-corrected chi connectivity index (χ2v) is 4.20. The number of Topliss-reactive ketones (excluding diaryl/α,β-unsaturated/α-hetero) is 1. The van der Waals surface area contributed by atoms with Crippen LogP contribution in [0.5, 0.6) is 0 Å². The van der Waals surface area contributed by atoms with Crippen LogP contribution in [0.3, 0.4) is 0 Å². The van der Waals surface area contributed by atoms with Crippen molar-refractivity contribution in [2.75, 3.05) is 26.9 Å². The van der Waals surface area contributed by atoms with Crippen LogP contribution in [-0.2, 0) is 14.3 Å². The Morgan fingerprint density at radius 2 is 1.93 bits per heavy atom. The fraction of sp³-hybridized carbons (Fsp3) is 0.917. The normalized spacial score (nSPS) is 17.9. The lowest BCUT2D eigenvalue weighted by atomic mass is 9.86. The Balaban J connectivity index is 2.02. The molecule has 0 aliphatic heterocycles. The van der Waals surface area contributed by atoms with Gasteiger partial charge in [0.2, 0.25) is 0 Å². The molecule has 0 spiro atoms. The Bertz CT molecular complexity index is 174. The smallest absolute Gasteiger partial charge is 0.161 e. The first-order chi connectivity index (χ1) is 7.34. The Labute approximate surface area is 92.1 Å². The fourth-order valence-electron chi connectivity index (χ4n) is 2.02. The van der Waals surface area contributed by atoms with Crippen LogP contribution in [0.4, 0.5) is 0 Å². The van der Waals surface area contributed by atoms with Crippen LogP contribution in [0.25, 0.3) is 0 Å². The van der Waals surface area contributed by atoms with Crippen LogP contribution >= 0.6 is 0 Å². The van der Waals surface area contributed by atoms with Crippen molar-refractivity contribution in [1.29, 1.82) is 0 Å². The minimum Gasteiger partial charge on any atom is -0.385 e. The molecular weight excluding hydrogens is 192 g/mol. The highest BCUT2D eigenvalue weighted by Crippen LogP contribution is 2.24. The Hall–Kier alpha value is -0.410. The number of hydrogen-bond acceptors (Lipinski definition) is 3. The van der Waals surface area contributed by atoms with Crippen LogP contribution in [0, 0.1) is 5.92 Å². The van der Waals surface area contributed by atoms with E-state index in [2.05, 4.69) is 0 Å². The zero-order chi connectivity index (χ0) is 10.9. The lowest BCUT2D eigenvalue weighted by Crippen LogP contribution is -2.22. The summed E-state index contributed by atoms with van der Waals surface area (Å²) in [4.78, 5) is 11.7. The lowest BCUT2D eigenvalue weighted by molar-refractivity contribution is -0.128. The van der Waals surface area contributed by atoms with Crippen LogP contribution in [-0.4, -0.2) is 32.7 Å². The van der Waals surface area contributed by atoms with Gasteiger partial charge in [-0.05, 0) is 19.3 Å². The molecule has 0 heterocycles. The third-order valence-electron chi connectivity index (χ3n) is 2.94. The van der Waals surface area contributed by atoms with Crippen LogP contribution in [0.2, 0.25) is 0 Å². The molecule has 1 fully saturated rings. The van der Waals surface area contributed by atoms with Gasteiger partial charge in [0.05, 0.1) is 0 Å². The predicted octanol–water partition coefficient (Wildman–Crippen LogP) is 2.19. The molecule has 0 saturated heterocycles. The Morgan fingerprint density at radius 3 is 2.60 bits per heavy atom. The maximum Gasteiger partial charge on any atom is 0.161 e. The molecule has 1 aliphatic rings. The molecule has 0 atom stereocenters. The number of ketones is 1. The number of rotatable bonds is 7. The highest BCUT2D eigenvalue weighted by Gasteiger charge is 2.20. The average molecular weight is 214 g/mol. The van der Waals surface area contributed by atoms with Crippen LogP contribution in [0.15, 0.2) is 0 Å². The van der Waals surface area contributed by atoms with Gasteiger partial charge in [0.1, 0.15) is 6.61 Å². The first-order valence-corrected chi connectivity index (χ1v) is 5.94. The maximum absolute atomic E-state index is 11.7. The first kappa shape index (κ1) is 12.7. The van der Waals surface area contributed by atoms with E-state index in [-0.39, 0.29) is 5.92 Å². The predicted molar refractivity (Wildman–Crippen MR) is 58.9 cm³/mol. The van der Waals surface area contributed by atoms with E-state index in [4.69, 9.17) is 9.47 Å². The summed E-state index contributed by atoms with van der Waals surface area (Å²) in [6.07, 6.45) is 6.72. The van der Waals surface area contributed by atoms with Crippen LogP contribution in [0.1, 0.15) is 38.5 Å². The van der Waals surface area contributed by atoms with Crippen molar-refractivity contribution in [2.45, 2.75) is 38.5 Å². The van der Waals surface area contributed by atoms with Crippen molar-refractivity contribution >= 4 is 5.78 Å². The van der Waals surface area contributed by atoms with Gasteiger partial charge in [-0.1, -0.05) is 19.3 Å². The van der Waals surface area contributed by atoms with Gasteiger partial charge >= 0.3 is 0 Å². The molecular formula is C12H22O3. The molecule has 88 valence electrons. The van der Waals surface area contributed by atoms with E-state index < -0.39 is 0 Å².